The van der Waals surface area contributed by atoms with Gasteiger partial charge in [-0.05, 0) is 68.0 Å². The van der Waals surface area contributed by atoms with Gasteiger partial charge in [0.15, 0.2) is 0 Å². The van der Waals surface area contributed by atoms with Gasteiger partial charge in [-0.3, -0.25) is 0 Å². The molecule has 2 heteroatoms. The smallest absolute Gasteiger partial charge is 0.0943 e. The third-order valence-electron chi connectivity index (χ3n) is 9.96. The number of rotatable bonds is 0. The molecule has 0 amide bonds. The molecule has 2 aromatic carbocycles. The molecule has 2 nitrogen and oxygen atoms in total. The van der Waals surface area contributed by atoms with Crippen molar-refractivity contribution in [3.63, 3.8) is 0 Å². The molecule has 0 radical (unpaired) electrons. The summed E-state index contributed by atoms with van der Waals surface area (Å²) in [6.45, 7) is 30.3. The van der Waals surface area contributed by atoms with Crippen LogP contribution in [0.25, 0.3) is 34.1 Å². The number of pyridine rings is 2. The van der Waals surface area contributed by atoms with Crippen molar-refractivity contribution in [2.24, 2.45) is 11.3 Å². The van der Waals surface area contributed by atoms with Gasteiger partial charge in [-0.1, -0.05) is 124 Å². The van der Waals surface area contributed by atoms with E-state index in [2.05, 4.69) is 169 Å². The summed E-state index contributed by atoms with van der Waals surface area (Å²) in [6.07, 6.45) is 9.17. The van der Waals surface area contributed by atoms with Crippen molar-refractivity contribution in [3.05, 3.63) is 144 Å². The Morgan fingerprint density at radius 3 is 2.04 bits per heavy atom. The molecule has 2 aromatic heterocycles. The van der Waals surface area contributed by atoms with E-state index in [1.165, 1.54) is 44.5 Å². The minimum absolute atomic E-state index is 0.00428. The Bertz CT molecular complexity index is 1930. The van der Waals surface area contributed by atoms with Crippen LogP contribution in [0.4, 0.5) is 0 Å². The normalized spacial score (nSPS) is 19.4. The van der Waals surface area contributed by atoms with Crippen molar-refractivity contribution in [1.82, 2.24) is 0 Å². The Morgan fingerprint density at radius 2 is 1.33 bits per heavy atom. The molecule has 0 N–H and O–H groups in total. The maximum Gasteiger partial charge on any atom is 0.284 e. The zero-order chi connectivity index (χ0) is 32.5. The summed E-state index contributed by atoms with van der Waals surface area (Å²) < 4.78 is 4.67. The van der Waals surface area contributed by atoms with Crippen LogP contribution in [0.1, 0.15) is 95.8 Å². The maximum absolute atomic E-state index is 4.95. The Labute approximate surface area is 270 Å². The lowest BCUT2D eigenvalue weighted by Crippen LogP contribution is -2.69. The van der Waals surface area contributed by atoms with Gasteiger partial charge >= 0.3 is 0 Å². The van der Waals surface area contributed by atoms with Gasteiger partial charge in [0.25, 0.3) is 11.4 Å². The highest BCUT2D eigenvalue weighted by molar-refractivity contribution is 6.03. The molecule has 1 aliphatic carbocycles. The summed E-state index contributed by atoms with van der Waals surface area (Å²) in [6, 6.07) is 26.9. The molecule has 228 valence electrons. The first kappa shape index (κ1) is 30.7. The Hall–Kier alpha value is -4.30. The van der Waals surface area contributed by atoms with E-state index in [1.807, 2.05) is 0 Å². The van der Waals surface area contributed by atoms with Crippen LogP contribution in [0, 0.1) is 11.3 Å². The number of hydrogen-bond acceptors (Lipinski definition) is 0. The lowest BCUT2D eigenvalue weighted by atomic mass is 9.68. The van der Waals surface area contributed by atoms with Gasteiger partial charge in [-0.25, -0.2) is 0 Å². The van der Waals surface area contributed by atoms with Gasteiger partial charge in [0.05, 0.1) is 20.5 Å². The monoisotopic (exact) mass is 592 g/mol. The molecular formula is C43H48N2+2. The Balaban J connectivity index is 1.81. The maximum atomic E-state index is 4.95. The van der Waals surface area contributed by atoms with Crippen LogP contribution in [-0.4, -0.2) is 0 Å². The zero-order valence-electron chi connectivity index (χ0n) is 28.6. The zero-order valence-corrected chi connectivity index (χ0v) is 28.6. The van der Waals surface area contributed by atoms with Crippen molar-refractivity contribution < 1.29 is 9.35 Å². The van der Waals surface area contributed by atoms with E-state index in [0.717, 1.165) is 22.5 Å². The summed E-state index contributed by atoms with van der Waals surface area (Å²) in [5.74, 6) is 0.106. The number of nitrogens with zero attached hydrogens (tertiary/aromatic N) is 2. The quantitative estimate of drug-likeness (QED) is 0.180. The largest absolute Gasteiger partial charge is 0.284 e. The molecule has 45 heavy (non-hydrogen) atoms. The summed E-state index contributed by atoms with van der Waals surface area (Å²) in [5.41, 5.74) is 13.9. The first-order valence-electron chi connectivity index (χ1n) is 16.2. The van der Waals surface area contributed by atoms with Crippen LogP contribution in [0.15, 0.2) is 110 Å². The molecule has 3 heterocycles. The van der Waals surface area contributed by atoms with E-state index in [9.17, 15) is 0 Å². The van der Waals surface area contributed by atoms with Gasteiger partial charge in [0, 0.05) is 35.1 Å². The van der Waals surface area contributed by atoms with Crippen LogP contribution in [0.2, 0.25) is 0 Å². The predicted molar refractivity (Wildman–Crippen MR) is 190 cm³/mol. The number of hydrogen-bond donors (Lipinski definition) is 0. The van der Waals surface area contributed by atoms with E-state index < -0.39 is 5.41 Å². The van der Waals surface area contributed by atoms with E-state index in [-0.39, 0.29) is 16.7 Å². The van der Waals surface area contributed by atoms with Crippen molar-refractivity contribution in [1.29, 1.82) is 0 Å². The second-order valence-electron chi connectivity index (χ2n) is 15.4. The molecule has 1 atom stereocenters. The fourth-order valence-electron chi connectivity index (χ4n) is 6.76. The second-order valence-corrected chi connectivity index (χ2v) is 15.4. The van der Waals surface area contributed by atoms with Gasteiger partial charge in [-0.2, -0.15) is 0 Å². The van der Waals surface area contributed by atoms with E-state index in [1.54, 1.807) is 0 Å². The fraction of sp³-hybridized carbons (Fsp3) is 0.302. The van der Waals surface area contributed by atoms with Crippen molar-refractivity contribution in [2.75, 3.05) is 0 Å². The lowest BCUT2D eigenvalue weighted by molar-refractivity contribution is -1.29. The van der Waals surface area contributed by atoms with Gasteiger partial charge in [0.1, 0.15) is 0 Å². The molecule has 2 aliphatic rings. The minimum Gasteiger partial charge on any atom is -0.0943 e. The summed E-state index contributed by atoms with van der Waals surface area (Å²) in [7, 11) is 0. The van der Waals surface area contributed by atoms with Gasteiger partial charge in [-0.15, -0.1) is 0 Å². The average molecular weight is 593 g/mol. The van der Waals surface area contributed by atoms with Gasteiger partial charge < -0.3 is 0 Å². The van der Waals surface area contributed by atoms with Gasteiger partial charge in [0.2, 0.25) is 12.4 Å². The predicted octanol–water partition coefficient (Wildman–Crippen LogP) is 10.0. The number of fused-ring (bicyclic) bond motifs is 8. The SMILES string of the molecule is C=C1/C2=C(/c3cc(C(C)(C)C)ccc3-c3ccc(C(C)(C)C)c[n+]3-[n+]3ccccc32)C(C)C=Cc2ccccc2C(=C)C1(C)C. The third-order valence-corrected chi connectivity index (χ3v) is 9.96. The van der Waals surface area contributed by atoms with Crippen LogP contribution in [0.5, 0.6) is 0 Å². The molecule has 0 saturated carbocycles. The molecule has 0 saturated heterocycles. The first-order chi connectivity index (χ1) is 21.1. The van der Waals surface area contributed by atoms with Crippen molar-refractivity contribution in [2.45, 2.75) is 73.1 Å². The van der Waals surface area contributed by atoms with Crippen LogP contribution in [0.3, 0.4) is 0 Å². The first-order valence-corrected chi connectivity index (χ1v) is 16.2. The van der Waals surface area contributed by atoms with Crippen LogP contribution in [-0.2, 0) is 10.8 Å². The third kappa shape index (κ3) is 5.15. The van der Waals surface area contributed by atoms with Crippen molar-refractivity contribution in [3.8, 4) is 11.3 Å². The molecular weight excluding hydrogens is 544 g/mol. The Morgan fingerprint density at radius 1 is 0.667 bits per heavy atom. The Kier molecular flexibility index (Phi) is 7.27. The highest BCUT2D eigenvalue weighted by Gasteiger charge is 2.41. The second kappa shape index (κ2) is 10.7. The van der Waals surface area contributed by atoms with Crippen LogP contribution < -0.4 is 9.35 Å². The van der Waals surface area contributed by atoms with Crippen LogP contribution >= 0.6 is 0 Å². The molecule has 1 unspecified atom stereocenters. The minimum atomic E-state index is -0.420. The van der Waals surface area contributed by atoms with E-state index in [4.69, 9.17) is 13.2 Å². The number of benzene rings is 2. The molecule has 0 bridgehead atoms. The molecule has 6 rings (SSSR count). The van der Waals surface area contributed by atoms with Crippen molar-refractivity contribution >= 4 is 22.8 Å². The molecule has 4 aromatic rings. The highest BCUT2D eigenvalue weighted by atomic mass is 15.5. The lowest BCUT2D eigenvalue weighted by Gasteiger charge is -2.34. The summed E-state index contributed by atoms with van der Waals surface area (Å²) in [4.78, 5) is 0. The topological polar surface area (TPSA) is 7.76 Å². The summed E-state index contributed by atoms with van der Waals surface area (Å²) >= 11 is 0. The van der Waals surface area contributed by atoms with E-state index >= 15 is 0 Å². The number of aromatic nitrogens is 2. The summed E-state index contributed by atoms with van der Waals surface area (Å²) in [5, 5.41) is 0. The molecule has 0 fully saturated rings. The average Bonchev–Trinajstić information content (AvgIpc) is 2.99. The molecule has 1 aliphatic heterocycles. The molecule has 0 spiro atoms. The van der Waals surface area contributed by atoms with E-state index in [0.29, 0.717) is 0 Å². The standard InChI is InChI=1S/C43H48N2/c1-28-19-20-31-16-12-13-17-34(31)29(2)43(10,11)30(3)40-38-18-14-15-25-44(38)45-27-33(42(7,8)9)22-24-37(45)35-23-21-32(41(4,5)6)26-36(35)39(28)40/h12-28H,2-3H2,1,4-11H3/q+2/b20-19?,37-35?,39-36?,40-38?,40-39-,45-44?. The fourth-order valence-corrected chi connectivity index (χ4v) is 6.76. The number of allylic oxidation sites excluding steroid dienone is 5. The highest BCUT2D eigenvalue weighted by Crippen LogP contribution is 2.51.